The summed E-state index contributed by atoms with van der Waals surface area (Å²) < 4.78 is 52.6. The molecule has 0 amide bonds. The molecule has 0 spiro atoms. The van der Waals surface area contributed by atoms with Crippen molar-refractivity contribution >= 4 is 38.6 Å². The van der Waals surface area contributed by atoms with Gasteiger partial charge in [-0.15, -0.1) is 16.4 Å². The molecule has 0 atom stereocenters. The fourth-order valence-electron chi connectivity index (χ4n) is 6.45. The Bertz CT molecular complexity index is 3640. The van der Waals surface area contributed by atoms with Crippen molar-refractivity contribution in [3.05, 3.63) is 272 Å². The van der Waals surface area contributed by atoms with Crippen LogP contribution in [0.25, 0.3) is 0 Å². The number of nitrogens with one attached hydrogen (secondary N) is 1. The van der Waals surface area contributed by atoms with E-state index in [9.17, 15) is 8.42 Å². The molecule has 0 aliphatic rings. The Morgan fingerprint density at radius 2 is 1.12 bits per heavy atom. The van der Waals surface area contributed by atoms with Gasteiger partial charge in [-0.05, 0) is 173 Å². The summed E-state index contributed by atoms with van der Waals surface area (Å²) in [6.07, 6.45) is 5.25. The first kappa shape index (κ1) is 67.5. The van der Waals surface area contributed by atoms with Gasteiger partial charge in [0.05, 0.1) is 39.8 Å². The molecule has 0 fully saturated rings. The number of ether oxygens (including phenoxy) is 3. The van der Waals surface area contributed by atoms with Gasteiger partial charge in [-0.25, -0.2) is 18.4 Å². The number of methoxy groups -OCH3 is 1. The van der Waals surface area contributed by atoms with E-state index >= 15 is 0 Å². The number of sulfonamides is 1. The summed E-state index contributed by atoms with van der Waals surface area (Å²) in [6, 6.07) is 54.4. The SMILES string of the molecule is COc1ccc(C)nn1.Cc1cc(C)on1.Cc1ccc(Cl)cc1Oc1ccccc1.Cc1ccc(NS(=O)(=O)c2ccccc2)c(C)c1.Cc1ccc(Oc2ccccc2)cc1.Cc1ncccn1.Cc1nccs1.Cc1noc(C)c1C. The van der Waals surface area contributed by atoms with Crippen molar-refractivity contribution in [2.24, 2.45) is 0 Å². The standard InChI is InChI=1S/C14H15NO2S.C13H11ClO.C13H12O.C6H8N2O.C6H9NO.C5H6N2.C5H7NO.C4H5NS/c1-11-8-9-14(12(2)10-11)15-18(16,17)13-6-4-3-5-7-13;1-10-7-8-11(14)9-13(10)15-12-5-3-2-4-6-12;1-11-7-9-13(10-8-11)14-12-5-3-2-4-6-12;1-5-3-4-6(9-2)8-7-5;1-4-5(2)7-8-6(4)3;1-5-6-3-2-4-7-5;1-4-3-5(2)7-6-4;1-4-5-2-3-6-4/h3-10,15H,1-2H3;2-9H,1H3;2-10H,1H3;3-4H,1-2H3;1-3H3;2-4H,1H3;3H,1-2H3;2-3H,1H3. The molecule has 0 saturated heterocycles. The Morgan fingerprint density at radius 1 is 0.524 bits per heavy atom. The zero-order valence-corrected chi connectivity index (χ0v) is 52.1. The molecule has 0 unspecified atom stereocenters. The number of thiazole rings is 1. The summed E-state index contributed by atoms with van der Waals surface area (Å²) in [7, 11) is -1.93. The highest BCUT2D eigenvalue weighted by Crippen LogP contribution is 2.28. The maximum absolute atomic E-state index is 12.1. The minimum absolute atomic E-state index is 0.268. The molecule has 0 aliphatic heterocycles. The lowest BCUT2D eigenvalue weighted by Gasteiger charge is -2.11. The Labute approximate surface area is 503 Å². The van der Waals surface area contributed by atoms with Crippen molar-refractivity contribution in [3.8, 4) is 28.9 Å². The van der Waals surface area contributed by atoms with Gasteiger partial charge in [0.15, 0.2) is 0 Å². The Hall–Kier alpha value is -9.03. The largest absolute Gasteiger partial charge is 0.480 e. The Morgan fingerprint density at radius 3 is 1.55 bits per heavy atom. The highest BCUT2D eigenvalue weighted by molar-refractivity contribution is 7.92. The topological polar surface area (TPSA) is 190 Å². The van der Waals surface area contributed by atoms with Gasteiger partial charge in [0.25, 0.3) is 10.0 Å². The number of hydrogen-bond acceptors (Lipinski definition) is 15. The fraction of sp³-hybridized carbons (Fsp3) is 0.197. The van der Waals surface area contributed by atoms with Gasteiger partial charge in [-0.1, -0.05) is 118 Å². The lowest BCUT2D eigenvalue weighted by atomic mass is 10.1. The average Bonchev–Trinajstić information content (AvgIpc) is 4.29. The summed E-state index contributed by atoms with van der Waals surface area (Å²) in [5, 5.41) is 18.7. The number of benzene rings is 6. The van der Waals surface area contributed by atoms with E-state index in [2.05, 4.69) is 47.1 Å². The second-order valence-electron chi connectivity index (χ2n) is 18.4. The molecule has 0 saturated carbocycles. The van der Waals surface area contributed by atoms with Crippen LogP contribution < -0.4 is 18.9 Å². The van der Waals surface area contributed by atoms with Crippen molar-refractivity contribution in [2.45, 2.75) is 88.0 Å². The minimum Gasteiger partial charge on any atom is -0.480 e. The molecule has 0 aliphatic carbocycles. The molecule has 0 bridgehead atoms. The number of hydrogen-bond donors (Lipinski definition) is 1. The minimum atomic E-state index is -3.50. The monoisotopic (exact) mass is 1190 g/mol. The van der Waals surface area contributed by atoms with Crippen LogP contribution in [0.5, 0.6) is 28.9 Å². The summed E-state index contributed by atoms with van der Waals surface area (Å²) in [5.74, 6) is 6.54. The first-order chi connectivity index (χ1) is 40.2. The van der Waals surface area contributed by atoms with E-state index in [1.165, 1.54) is 5.56 Å². The van der Waals surface area contributed by atoms with Crippen molar-refractivity contribution < 1.29 is 31.7 Å². The highest BCUT2D eigenvalue weighted by atomic mass is 35.5. The number of halogens is 1. The fourth-order valence-corrected chi connectivity index (χ4v) is 8.20. The number of aromatic nitrogens is 7. The Balaban J connectivity index is 0.000000212. The van der Waals surface area contributed by atoms with E-state index in [1.54, 1.807) is 85.6 Å². The third-order valence-corrected chi connectivity index (χ3v) is 13.5. The van der Waals surface area contributed by atoms with E-state index < -0.39 is 10.0 Å². The van der Waals surface area contributed by atoms with Gasteiger partial charge in [-0.3, -0.25) is 9.71 Å². The molecular weight excluding hydrogens is 1120 g/mol. The molecule has 11 rings (SSSR count). The zero-order valence-electron chi connectivity index (χ0n) is 49.7. The van der Waals surface area contributed by atoms with Crippen LogP contribution in [0.15, 0.2) is 214 Å². The number of aryl methyl sites for hydroxylation is 11. The molecule has 1 N–H and O–H groups in total. The number of rotatable bonds is 8. The summed E-state index contributed by atoms with van der Waals surface area (Å²) >= 11 is 7.57. The molecule has 18 heteroatoms. The third kappa shape index (κ3) is 26.7. The first-order valence-electron chi connectivity index (χ1n) is 26.4. The molecule has 438 valence electrons. The highest BCUT2D eigenvalue weighted by Gasteiger charge is 2.14. The average molecular weight is 1190 g/mol. The van der Waals surface area contributed by atoms with Gasteiger partial charge in [0.1, 0.15) is 40.3 Å². The van der Waals surface area contributed by atoms with Crippen LogP contribution in [0.1, 0.15) is 67.3 Å². The maximum Gasteiger partial charge on any atom is 0.261 e. The molecule has 15 nitrogen and oxygen atoms in total. The van der Waals surface area contributed by atoms with Crippen LogP contribution >= 0.6 is 22.9 Å². The van der Waals surface area contributed by atoms with Crippen molar-refractivity contribution in [2.75, 3.05) is 11.8 Å². The van der Waals surface area contributed by atoms with E-state index in [4.69, 9.17) is 34.9 Å². The van der Waals surface area contributed by atoms with Crippen LogP contribution in [0, 0.1) is 83.1 Å². The van der Waals surface area contributed by atoms with E-state index in [1.807, 2.05) is 209 Å². The molecule has 5 heterocycles. The van der Waals surface area contributed by atoms with Crippen LogP contribution in [0.4, 0.5) is 5.69 Å². The van der Waals surface area contributed by atoms with Gasteiger partial charge in [0, 0.05) is 46.7 Å². The van der Waals surface area contributed by atoms with Crippen molar-refractivity contribution in [3.63, 3.8) is 0 Å². The Kier molecular flexibility index (Phi) is 29.3. The predicted octanol–water partition coefficient (Wildman–Crippen LogP) is 17.3. The van der Waals surface area contributed by atoms with Crippen LogP contribution in [-0.2, 0) is 10.0 Å². The van der Waals surface area contributed by atoms with Crippen LogP contribution in [-0.4, -0.2) is 51.0 Å². The molecule has 11 aromatic rings. The molecule has 5 aromatic heterocycles. The van der Waals surface area contributed by atoms with E-state index in [-0.39, 0.29) is 4.90 Å². The second kappa shape index (κ2) is 36.4. The lowest BCUT2D eigenvalue weighted by Crippen LogP contribution is -2.13. The van der Waals surface area contributed by atoms with Gasteiger partial charge < -0.3 is 23.3 Å². The predicted molar refractivity (Wildman–Crippen MR) is 337 cm³/mol. The van der Waals surface area contributed by atoms with Crippen molar-refractivity contribution in [1.82, 2.24) is 35.5 Å². The molecular formula is C66H73ClN8O7S2. The molecule has 6 aromatic carbocycles. The second-order valence-corrected chi connectivity index (χ2v) is 21.6. The summed E-state index contributed by atoms with van der Waals surface area (Å²) in [5.41, 5.74) is 8.93. The first-order valence-corrected chi connectivity index (χ1v) is 29.1. The maximum atomic E-state index is 12.1. The molecule has 0 radical (unpaired) electrons. The summed E-state index contributed by atoms with van der Waals surface area (Å²) in [4.78, 5) is 11.9. The van der Waals surface area contributed by atoms with Gasteiger partial charge in [0.2, 0.25) is 5.88 Å². The zero-order chi connectivity index (χ0) is 61.3. The quantitative estimate of drug-likeness (QED) is 0.151. The number of anilines is 1. The number of nitrogens with zero attached hydrogens (tertiary/aromatic N) is 7. The normalized spacial score (nSPS) is 9.88. The summed E-state index contributed by atoms with van der Waals surface area (Å²) in [6.45, 7) is 23.3. The van der Waals surface area contributed by atoms with Gasteiger partial charge in [-0.2, -0.15) is 5.10 Å². The smallest absolute Gasteiger partial charge is 0.261 e. The third-order valence-electron chi connectivity index (χ3n) is 11.2. The van der Waals surface area contributed by atoms with Crippen molar-refractivity contribution in [1.29, 1.82) is 0 Å². The van der Waals surface area contributed by atoms with E-state index in [0.29, 0.717) is 16.6 Å². The van der Waals surface area contributed by atoms with Crippen LogP contribution in [0.2, 0.25) is 5.02 Å². The van der Waals surface area contributed by atoms with Crippen LogP contribution in [0.3, 0.4) is 0 Å². The molecule has 84 heavy (non-hydrogen) atoms. The van der Waals surface area contributed by atoms with E-state index in [0.717, 1.165) is 84.7 Å². The van der Waals surface area contributed by atoms with Gasteiger partial charge >= 0.3 is 0 Å². The number of para-hydroxylation sites is 2. The lowest BCUT2D eigenvalue weighted by molar-refractivity contribution is 0.391.